The fraction of sp³-hybridized carbons (Fsp3) is 0.400. The Labute approximate surface area is 184 Å². The van der Waals surface area contributed by atoms with Gasteiger partial charge in [0.25, 0.3) is 5.91 Å². The van der Waals surface area contributed by atoms with Crippen LogP contribution in [0.2, 0.25) is 0 Å². The molecule has 0 saturated heterocycles. The van der Waals surface area contributed by atoms with Gasteiger partial charge in [0.05, 0.1) is 0 Å². The molecular weight excluding hydrogens is 388 g/mol. The Hall–Kier alpha value is -2.99. The lowest BCUT2D eigenvalue weighted by molar-refractivity contribution is 0.0952. The van der Waals surface area contributed by atoms with E-state index in [2.05, 4.69) is 44.7 Å². The zero-order chi connectivity index (χ0) is 21.9. The number of benzene rings is 2. The minimum absolute atomic E-state index is 0.0629. The SMILES string of the molecule is CN(C)CCCNC(=O)c1ccc(-c2nnc(CCCCCc3ccccc3)o2)cc1. The van der Waals surface area contributed by atoms with Gasteiger partial charge in [0.15, 0.2) is 0 Å². The summed E-state index contributed by atoms with van der Waals surface area (Å²) < 4.78 is 5.81. The first-order valence-corrected chi connectivity index (χ1v) is 11.0. The number of aromatic nitrogens is 2. The number of rotatable bonds is 12. The predicted octanol–water partition coefficient (Wildman–Crippen LogP) is 4.37. The molecule has 0 atom stereocenters. The Bertz CT molecular complexity index is 920. The third-order valence-corrected chi connectivity index (χ3v) is 5.13. The third kappa shape index (κ3) is 7.64. The van der Waals surface area contributed by atoms with Crippen molar-refractivity contribution in [3.63, 3.8) is 0 Å². The lowest BCUT2D eigenvalue weighted by Gasteiger charge is -2.10. The highest BCUT2D eigenvalue weighted by Crippen LogP contribution is 2.19. The van der Waals surface area contributed by atoms with Crippen LogP contribution in [0.4, 0.5) is 0 Å². The first-order valence-electron chi connectivity index (χ1n) is 11.0. The molecular formula is C25H32N4O2. The monoisotopic (exact) mass is 420 g/mol. The van der Waals surface area contributed by atoms with Crippen molar-refractivity contribution in [3.8, 4) is 11.5 Å². The number of nitrogens with zero attached hydrogens (tertiary/aromatic N) is 3. The van der Waals surface area contributed by atoms with Crippen LogP contribution >= 0.6 is 0 Å². The maximum absolute atomic E-state index is 12.2. The molecule has 0 fully saturated rings. The second-order valence-corrected chi connectivity index (χ2v) is 8.04. The van der Waals surface area contributed by atoms with Crippen molar-refractivity contribution >= 4 is 5.91 Å². The second-order valence-electron chi connectivity index (χ2n) is 8.04. The van der Waals surface area contributed by atoms with Crippen molar-refractivity contribution in [2.24, 2.45) is 0 Å². The maximum atomic E-state index is 12.2. The molecule has 0 aliphatic rings. The fourth-order valence-electron chi connectivity index (χ4n) is 3.36. The Kier molecular flexibility index (Phi) is 8.79. The highest BCUT2D eigenvalue weighted by atomic mass is 16.4. The van der Waals surface area contributed by atoms with Crippen LogP contribution in [0, 0.1) is 0 Å². The first-order chi connectivity index (χ1) is 15.1. The van der Waals surface area contributed by atoms with Gasteiger partial charge in [0.2, 0.25) is 11.8 Å². The number of aryl methyl sites for hydroxylation is 2. The third-order valence-electron chi connectivity index (χ3n) is 5.13. The van der Waals surface area contributed by atoms with Gasteiger partial charge in [-0.2, -0.15) is 0 Å². The highest BCUT2D eigenvalue weighted by Gasteiger charge is 2.10. The number of nitrogens with one attached hydrogen (secondary N) is 1. The molecule has 2 aromatic carbocycles. The van der Waals surface area contributed by atoms with E-state index in [9.17, 15) is 4.79 Å². The maximum Gasteiger partial charge on any atom is 0.251 e. The number of amides is 1. The van der Waals surface area contributed by atoms with Crippen molar-refractivity contribution in [3.05, 3.63) is 71.6 Å². The zero-order valence-electron chi connectivity index (χ0n) is 18.5. The first kappa shape index (κ1) is 22.7. The van der Waals surface area contributed by atoms with Gasteiger partial charge in [-0.15, -0.1) is 10.2 Å². The smallest absolute Gasteiger partial charge is 0.251 e. The molecule has 0 aliphatic carbocycles. The van der Waals surface area contributed by atoms with Gasteiger partial charge in [-0.3, -0.25) is 4.79 Å². The van der Waals surface area contributed by atoms with Crippen LogP contribution in [0.15, 0.2) is 59.0 Å². The van der Waals surface area contributed by atoms with Gasteiger partial charge in [-0.05, 0) is 76.2 Å². The van der Waals surface area contributed by atoms with Crippen molar-refractivity contribution in [2.45, 2.75) is 38.5 Å². The molecule has 6 nitrogen and oxygen atoms in total. The van der Waals surface area contributed by atoms with E-state index in [0.29, 0.717) is 23.9 Å². The molecule has 0 spiro atoms. The summed E-state index contributed by atoms with van der Waals surface area (Å²) in [7, 11) is 4.05. The Morgan fingerprint density at radius 2 is 1.65 bits per heavy atom. The summed E-state index contributed by atoms with van der Waals surface area (Å²) in [6.45, 7) is 1.61. The Morgan fingerprint density at radius 3 is 2.39 bits per heavy atom. The summed E-state index contributed by atoms with van der Waals surface area (Å²) in [5.74, 6) is 1.10. The van der Waals surface area contributed by atoms with Crippen LogP contribution in [-0.2, 0) is 12.8 Å². The van der Waals surface area contributed by atoms with E-state index in [1.165, 1.54) is 5.56 Å². The van der Waals surface area contributed by atoms with E-state index in [4.69, 9.17) is 4.42 Å². The Balaban J connectivity index is 1.41. The van der Waals surface area contributed by atoms with Gasteiger partial charge < -0.3 is 14.6 Å². The molecule has 164 valence electrons. The summed E-state index contributed by atoms with van der Waals surface area (Å²) >= 11 is 0. The number of carbonyl (C=O) groups is 1. The molecule has 1 amide bonds. The van der Waals surface area contributed by atoms with Gasteiger partial charge in [-0.1, -0.05) is 36.8 Å². The Morgan fingerprint density at radius 1 is 0.903 bits per heavy atom. The number of unbranched alkanes of at least 4 members (excludes halogenated alkanes) is 2. The molecule has 0 unspecified atom stereocenters. The number of hydrogen-bond donors (Lipinski definition) is 1. The quantitative estimate of drug-likeness (QED) is 0.441. The van der Waals surface area contributed by atoms with Crippen molar-refractivity contribution in [1.29, 1.82) is 0 Å². The lowest BCUT2D eigenvalue weighted by Crippen LogP contribution is -2.27. The lowest BCUT2D eigenvalue weighted by atomic mass is 10.1. The summed E-state index contributed by atoms with van der Waals surface area (Å²) in [6, 6.07) is 17.9. The van der Waals surface area contributed by atoms with E-state index in [0.717, 1.165) is 50.6 Å². The standard InChI is InChI=1S/C25H32N4O2/c1-29(2)19-9-18-26-24(30)21-14-16-22(17-15-21)25-28-27-23(31-25)13-8-4-7-12-20-10-5-3-6-11-20/h3,5-6,10-11,14-17H,4,7-9,12-13,18-19H2,1-2H3,(H,26,30). The van der Waals surface area contributed by atoms with E-state index < -0.39 is 0 Å². The number of carbonyl (C=O) groups excluding carboxylic acids is 1. The minimum atomic E-state index is -0.0629. The van der Waals surface area contributed by atoms with E-state index in [-0.39, 0.29) is 5.91 Å². The summed E-state index contributed by atoms with van der Waals surface area (Å²) in [4.78, 5) is 14.3. The van der Waals surface area contributed by atoms with Crippen LogP contribution in [0.5, 0.6) is 0 Å². The summed E-state index contributed by atoms with van der Waals surface area (Å²) in [6.07, 6.45) is 6.13. The van der Waals surface area contributed by atoms with Crippen LogP contribution in [-0.4, -0.2) is 48.2 Å². The summed E-state index contributed by atoms with van der Waals surface area (Å²) in [5.41, 5.74) is 2.84. The molecule has 1 heterocycles. The molecule has 0 radical (unpaired) electrons. The molecule has 6 heteroatoms. The van der Waals surface area contributed by atoms with Crippen molar-refractivity contribution in [1.82, 2.24) is 20.4 Å². The molecule has 1 aromatic heterocycles. The largest absolute Gasteiger partial charge is 0.421 e. The van der Waals surface area contributed by atoms with E-state index >= 15 is 0 Å². The molecule has 3 aromatic rings. The van der Waals surface area contributed by atoms with Crippen LogP contribution in [0.1, 0.15) is 47.5 Å². The van der Waals surface area contributed by atoms with E-state index in [1.54, 1.807) is 12.1 Å². The van der Waals surface area contributed by atoms with Crippen molar-refractivity contribution < 1.29 is 9.21 Å². The molecule has 0 saturated carbocycles. The highest BCUT2D eigenvalue weighted by molar-refractivity contribution is 5.94. The zero-order valence-corrected chi connectivity index (χ0v) is 18.5. The summed E-state index contributed by atoms with van der Waals surface area (Å²) in [5, 5.41) is 11.3. The van der Waals surface area contributed by atoms with Gasteiger partial charge in [-0.25, -0.2) is 0 Å². The molecule has 0 aliphatic heterocycles. The topological polar surface area (TPSA) is 71.3 Å². The normalized spacial score (nSPS) is 11.1. The van der Waals surface area contributed by atoms with Crippen molar-refractivity contribution in [2.75, 3.05) is 27.2 Å². The molecule has 0 bridgehead atoms. The van der Waals surface area contributed by atoms with Gasteiger partial charge in [0, 0.05) is 24.1 Å². The molecule has 1 N–H and O–H groups in total. The molecule has 31 heavy (non-hydrogen) atoms. The minimum Gasteiger partial charge on any atom is -0.421 e. The van der Waals surface area contributed by atoms with Crippen LogP contribution < -0.4 is 5.32 Å². The second kappa shape index (κ2) is 12.0. The van der Waals surface area contributed by atoms with E-state index in [1.807, 2.05) is 32.3 Å². The number of hydrogen-bond acceptors (Lipinski definition) is 5. The van der Waals surface area contributed by atoms with Crippen LogP contribution in [0.3, 0.4) is 0 Å². The average Bonchev–Trinajstić information content (AvgIpc) is 3.26. The average molecular weight is 421 g/mol. The molecule has 3 rings (SSSR count). The van der Waals surface area contributed by atoms with Gasteiger partial charge >= 0.3 is 0 Å². The predicted molar refractivity (Wildman–Crippen MR) is 123 cm³/mol. The fourth-order valence-corrected chi connectivity index (χ4v) is 3.36. The van der Waals surface area contributed by atoms with Crippen LogP contribution in [0.25, 0.3) is 11.5 Å². The van der Waals surface area contributed by atoms with Gasteiger partial charge in [0.1, 0.15) is 0 Å².